The Bertz CT molecular complexity index is 1660. The highest BCUT2D eigenvalue weighted by Gasteiger charge is 2.52. The second-order valence-corrected chi connectivity index (χ2v) is 12.6. The normalized spacial score (nSPS) is 17.5. The van der Waals surface area contributed by atoms with Crippen LogP contribution in [0.5, 0.6) is 0 Å². The summed E-state index contributed by atoms with van der Waals surface area (Å²) in [7, 11) is -5.59. The van der Waals surface area contributed by atoms with Crippen molar-refractivity contribution in [2.24, 2.45) is 0 Å². The molecule has 2 aromatic carbocycles. The molecule has 3 heterocycles. The molecule has 2 saturated heterocycles. The molecule has 5 rings (SSSR count). The quantitative estimate of drug-likeness (QED) is 0.384. The molecule has 0 saturated carbocycles. The SMILES string of the molecule is CC1(C)C(=O)N(c2ccc(S(=O)(=O)C(F)(F)F)cc2)C(=O)N1Cc1ccnc(C(=O)N2CCN(c3ccccc3)CC2)c1. The van der Waals surface area contributed by atoms with Gasteiger partial charge in [-0.25, -0.2) is 18.1 Å². The van der Waals surface area contributed by atoms with E-state index in [0.29, 0.717) is 43.9 Å². The minimum absolute atomic E-state index is 0.0564. The molecule has 0 atom stereocenters. The Kier molecular flexibility index (Phi) is 7.67. The molecule has 226 valence electrons. The van der Waals surface area contributed by atoms with Gasteiger partial charge >= 0.3 is 11.5 Å². The first-order chi connectivity index (χ1) is 20.2. The molecule has 10 nitrogen and oxygen atoms in total. The van der Waals surface area contributed by atoms with Gasteiger partial charge in [0.2, 0.25) is 0 Å². The zero-order chi connectivity index (χ0) is 31.2. The van der Waals surface area contributed by atoms with E-state index in [0.717, 1.165) is 22.7 Å². The van der Waals surface area contributed by atoms with Crippen molar-refractivity contribution in [3.8, 4) is 0 Å². The number of anilines is 2. The second kappa shape index (κ2) is 11.0. The van der Waals surface area contributed by atoms with Crippen molar-refractivity contribution in [2.75, 3.05) is 36.0 Å². The highest BCUT2D eigenvalue weighted by atomic mass is 32.2. The molecule has 3 aromatic rings. The van der Waals surface area contributed by atoms with Crippen molar-refractivity contribution in [2.45, 2.75) is 36.3 Å². The molecular weight excluding hydrogens is 587 g/mol. The van der Waals surface area contributed by atoms with Gasteiger partial charge in [-0.2, -0.15) is 13.2 Å². The van der Waals surface area contributed by atoms with E-state index in [4.69, 9.17) is 0 Å². The van der Waals surface area contributed by atoms with E-state index in [9.17, 15) is 36.0 Å². The summed E-state index contributed by atoms with van der Waals surface area (Å²) in [6.07, 6.45) is 1.45. The molecule has 43 heavy (non-hydrogen) atoms. The Morgan fingerprint density at radius 3 is 2.14 bits per heavy atom. The number of benzene rings is 2. The molecule has 14 heteroatoms. The first-order valence-electron chi connectivity index (χ1n) is 13.3. The molecule has 0 spiro atoms. The lowest BCUT2D eigenvalue weighted by Gasteiger charge is -2.36. The van der Waals surface area contributed by atoms with Gasteiger partial charge in [0.1, 0.15) is 11.2 Å². The average Bonchev–Trinajstić information content (AvgIpc) is 3.15. The van der Waals surface area contributed by atoms with Crippen molar-refractivity contribution in [3.05, 3.63) is 84.2 Å². The van der Waals surface area contributed by atoms with Crippen LogP contribution < -0.4 is 9.80 Å². The summed E-state index contributed by atoms with van der Waals surface area (Å²) >= 11 is 0. The third-order valence-electron chi connectivity index (χ3n) is 7.61. The van der Waals surface area contributed by atoms with Crippen LogP contribution in [0.15, 0.2) is 77.8 Å². The number of carbonyl (C=O) groups excluding carboxylic acids is 3. The van der Waals surface area contributed by atoms with Gasteiger partial charge in [0, 0.05) is 44.6 Å². The number of piperazine rings is 1. The number of pyridine rings is 1. The van der Waals surface area contributed by atoms with Gasteiger partial charge in [-0.15, -0.1) is 0 Å². The van der Waals surface area contributed by atoms with Crippen LogP contribution in [0, 0.1) is 0 Å². The molecule has 2 aliphatic rings. The number of imide groups is 1. The minimum atomic E-state index is -5.59. The maximum absolute atomic E-state index is 13.4. The van der Waals surface area contributed by atoms with Gasteiger partial charge in [-0.05, 0) is 67.9 Å². The highest BCUT2D eigenvalue weighted by Crippen LogP contribution is 2.35. The van der Waals surface area contributed by atoms with Crippen LogP contribution in [0.2, 0.25) is 0 Å². The number of hydrogen-bond acceptors (Lipinski definition) is 7. The second-order valence-electron chi connectivity index (χ2n) is 10.7. The Balaban J connectivity index is 1.30. The lowest BCUT2D eigenvalue weighted by Crippen LogP contribution is -2.49. The predicted molar refractivity (Wildman–Crippen MR) is 151 cm³/mol. The van der Waals surface area contributed by atoms with Gasteiger partial charge in [0.15, 0.2) is 0 Å². The number of halogens is 3. The number of alkyl halides is 3. The van der Waals surface area contributed by atoms with Gasteiger partial charge in [0.05, 0.1) is 10.6 Å². The number of hydrogen-bond donors (Lipinski definition) is 0. The van der Waals surface area contributed by atoms with E-state index in [1.54, 1.807) is 17.0 Å². The Morgan fingerprint density at radius 1 is 0.907 bits per heavy atom. The average molecular weight is 616 g/mol. The third-order valence-corrected chi connectivity index (χ3v) is 9.11. The summed E-state index contributed by atoms with van der Waals surface area (Å²) in [5.74, 6) is -0.904. The van der Waals surface area contributed by atoms with Gasteiger partial charge < -0.3 is 14.7 Å². The van der Waals surface area contributed by atoms with Crippen LogP contribution >= 0.6 is 0 Å². The number of para-hydroxylation sites is 1. The van der Waals surface area contributed by atoms with Crippen LogP contribution in [-0.2, 0) is 21.2 Å². The Labute approximate surface area is 246 Å². The summed E-state index contributed by atoms with van der Waals surface area (Å²) in [4.78, 5) is 49.2. The van der Waals surface area contributed by atoms with E-state index in [-0.39, 0.29) is 23.8 Å². The Hall–Kier alpha value is -4.46. The molecule has 0 bridgehead atoms. The molecule has 0 N–H and O–H groups in total. The molecule has 0 radical (unpaired) electrons. The predicted octanol–water partition coefficient (Wildman–Crippen LogP) is 4.08. The van der Waals surface area contributed by atoms with Crippen molar-refractivity contribution in [1.29, 1.82) is 0 Å². The lowest BCUT2D eigenvalue weighted by molar-refractivity contribution is -0.123. The summed E-state index contributed by atoms with van der Waals surface area (Å²) < 4.78 is 62.2. The summed E-state index contributed by atoms with van der Waals surface area (Å²) in [6.45, 7) is 5.32. The Morgan fingerprint density at radius 2 is 1.53 bits per heavy atom. The van der Waals surface area contributed by atoms with Crippen LogP contribution in [0.25, 0.3) is 0 Å². The fraction of sp³-hybridized carbons (Fsp3) is 0.310. The van der Waals surface area contributed by atoms with E-state index in [1.807, 2.05) is 30.3 Å². The molecule has 4 amide bonds. The van der Waals surface area contributed by atoms with Gasteiger partial charge in [-0.3, -0.25) is 14.6 Å². The summed E-state index contributed by atoms with van der Waals surface area (Å²) in [5.41, 5.74) is -5.10. The van der Waals surface area contributed by atoms with Crippen molar-refractivity contribution in [3.63, 3.8) is 0 Å². The fourth-order valence-electron chi connectivity index (χ4n) is 5.08. The molecule has 1 aromatic heterocycles. The number of urea groups is 1. The van der Waals surface area contributed by atoms with Crippen molar-refractivity contribution in [1.82, 2.24) is 14.8 Å². The van der Waals surface area contributed by atoms with E-state index >= 15 is 0 Å². The van der Waals surface area contributed by atoms with Crippen LogP contribution in [-0.4, -0.2) is 78.3 Å². The zero-order valence-corrected chi connectivity index (χ0v) is 24.1. The van der Waals surface area contributed by atoms with Crippen LogP contribution in [0.1, 0.15) is 29.9 Å². The number of amides is 4. The molecule has 0 aliphatic carbocycles. The highest BCUT2D eigenvalue weighted by molar-refractivity contribution is 7.92. The molecule has 0 unspecified atom stereocenters. The standard InChI is InChI=1S/C29H28F3N5O5S/c1-28(2)26(39)37(22-8-10-23(11-9-22)43(41,42)29(30,31)32)27(40)36(28)19-20-12-13-33-24(18-20)25(38)35-16-14-34(15-17-35)21-6-4-3-5-7-21/h3-13,18H,14-17,19H2,1-2H3. The zero-order valence-electron chi connectivity index (χ0n) is 23.3. The first-order valence-corrected chi connectivity index (χ1v) is 14.8. The molecule has 2 aliphatic heterocycles. The van der Waals surface area contributed by atoms with E-state index in [2.05, 4.69) is 9.88 Å². The summed E-state index contributed by atoms with van der Waals surface area (Å²) in [5, 5.41) is 0. The van der Waals surface area contributed by atoms with Crippen molar-refractivity contribution >= 4 is 39.1 Å². The third kappa shape index (κ3) is 5.54. The first kappa shape index (κ1) is 30.0. The van der Waals surface area contributed by atoms with Crippen LogP contribution in [0.4, 0.5) is 29.3 Å². The fourth-order valence-corrected chi connectivity index (χ4v) is 5.84. The maximum atomic E-state index is 13.4. The summed E-state index contributed by atoms with van der Waals surface area (Å²) in [6, 6.07) is 15.7. The molecular formula is C29H28F3N5O5S. The number of carbonyl (C=O) groups is 3. The van der Waals surface area contributed by atoms with E-state index < -0.39 is 37.7 Å². The largest absolute Gasteiger partial charge is 0.501 e. The minimum Gasteiger partial charge on any atom is -0.368 e. The number of nitrogens with zero attached hydrogens (tertiary/aromatic N) is 5. The lowest BCUT2D eigenvalue weighted by atomic mass is 10.0. The number of aromatic nitrogens is 1. The van der Waals surface area contributed by atoms with Gasteiger partial charge in [0.25, 0.3) is 21.7 Å². The topological polar surface area (TPSA) is 111 Å². The van der Waals surface area contributed by atoms with Gasteiger partial charge in [-0.1, -0.05) is 18.2 Å². The smallest absolute Gasteiger partial charge is 0.368 e. The molecule has 2 fully saturated rings. The van der Waals surface area contributed by atoms with E-state index in [1.165, 1.54) is 24.9 Å². The monoisotopic (exact) mass is 615 g/mol. The number of rotatable bonds is 6. The van der Waals surface area contributed by atoms with Crippen molar-refractivity contribution < 1.29 is 36.0 Å². The van der Waals surface area contributed by atoms with Crippen LogP contribution in [0.3, 0.4) is 0 Å². The number of sulfone groups is 1. The maximum Gasteiger partial charge on any atom is 0.501 e.